The first-order valence-corrected chi connectivity index (χ1v) is 12.8. The summed E-state index contributed by atoms with van der Waals surface area (Å²) < 4.78 is 12.5. The Kier molecular flexibility index (Phi) is 7.64. The molecule has 0 fully saturated rings. The monoisotopic (exact) mass is 524 g/mol. The van der Waals surface area contributed by atoms with E-state index in [1.807, 2.05) is 36.4 Å². The van der Waals surface area contributed by atoms with Gasteiger partial charge in [0.2, 0.25) is 0 Å². The molecule has 0 aliphatic carbocycles. The Morgan fingerprint density at radius 3 is 2.47 bits per heavy atom. The van der Waals surface area contributed by atoms with Crippen LogP contribution in [0.25, 0.3) is 6.08 Å². The summed E-state index contributed by atoms with van der Waals surface area (Å²) in [6.45, 7) is 8.59. The van der Waals surface area contributed by atoms with Gasteiger partial charge in [-0.2, -0.15) is 0 Å². The predicted octanol–water partition coefficient (Wildman–Crippen LogP) is 4.38. The molecule has 8 heteroatoms. The van der Waals surface area contributed by atoms with Crippen LogP contribution >= 0.6 is 22.9 Å². The third-order valence-electron chi connectivity index (χ3n) is 6.04. The molecule has 4 rings (SSSR count). The van der Waals surface area contributed by atoms with Crippen LogP contribution in [-0.2, 0) is 19.7 Å². The van der Waals surface area contributed by atoms with E-state index in [9.17, 15) is 9.59 Å². The van der Waals surface area contributed by atoms with Crippen LogP contribution in [0.4, 0.5) is 0 Å². The van der Waals surface area contributed by atoms with E-state index in [-0.39, 0.29) is 29.8 Å². The Hall–Kier alpha value is -3.00. The number of nitrogens with zero attached hydrogens (tertiary/aromatic N) is 2. The Bertz CT molecular complexity index is 1490. The molecule has 0 saturated heterocycles. The van der Waals surface area contributed by atoms with E-state index in [0.29, 0.717) is 25.6 Å². The summed E-state index contributed by atoms with van der Waals surface area (Å²) in [5, 5.41) is 0.451. The molecule has 188 valence electrons. The molecule has 1 aliphatic heterocycles. The van der Waals surface area contributed by atoms with Crippen LogP contribution in [0.2, 0.25) is 5.02 Å². The largest absolute Gasteiger partial charge is 0.460 e. The van der Waals surface area contributed by atoms with Crippen LogP contribution in [-0.4, -0.2) is 30.9 Å². The molecule has 1 aliphatic rings. The maximum absolute atomic E-state index is 13.7. The highest BCUT2D eigenvalue weighted by Crippen LogP contribution is 2.34. The van der Waals surface area contributed by atoms with Gasteiger partial charge in [-0.15, -0.1) is 0 Å². The van der Waals surface area contributed by atoms with E-state index in [1.165, 1.54) is 24.0 Å². The molecule has 0 radical (unpaired) electrons. The fraction of sp³-hybridized carbons (Fsp3) is 0.321. The van der Waals surface area contributed by atoms with Gasteiger partial charge in [-0.25, -0.2) is 9.79 Å². The van der Waals surface area contributed by atoms with Gasteiger partial charge in [-0.05, 0) is 41.2 Å². The van der Waals surface area contributed by atoms with E-state index < -0.39 is 12.0 Å². The third-order valence-corrected chi connectivity index (χ3v) is 7.36. The zero-order chi connectivity index (χ0) is 26.0. The quantitative estimate of drug-likeness (QED) is 0.354. The second-order valence-electron chi connectivity index (χ2n) is 9.60. The average Bonchev–Trinajstić information content (AvgIpc) is 3.13. The Labute approximate surface area is 219 Å². The lowest BCUT2D eigenvalue weighted by Gasteiger charge is -2.25. The van der Waals surface area contributed by atoms with Gasteiger partial charge in [-0.3, -0.25) is 9.36 Å². The van der Waals surface area contributed by atoms with Gasteiger partial charge in [0.05, 0.1) is 22.4 Å². The van der Waals surface area contributed by atoms with Crippen LogP contribution in [0.15, 0.2) is 69.6 Å². The second kappa shape index (κ2) is 10.5. The highest BCUT2D eigenvalue weighted by molar-refractivity contribution is 7.07. The zero-order valence-electron chi connectivity index (χ0n) is 21.0. The maximum atomic E-state index is 13.7. The molecule has 6 nitrogen and oxygen atoms in total. The molecule has 0 N–H and O–H groups in total. The smallest absolute Gasteiger partial charge is 0.338 e. The number of hydrogen-bond donors (Lipinski definition) is 0. The number of halogens is 1. The van der Waals surface area contributed by atoms with Gasteiger partial charge in [-0.1, -0.05) is 86.2 Å². The van der Waals surface area contributed by atoms with Crippen LogP contribution < -0.4 is 14.9 Å². The highest BCUT2D eigenvalue weighted by Gasteiger charge is 2.34. The number of carbonyl (C=O) groups excluding carboxylic acids is 1. The van der Waals surface area contributed by atoms with Gasteiger partial charge < -0.3 is 9.47 Å². The third kappa shape index (κ3) is 5.24. The van der Waals surface area contributed by atoms with Gasteiger partial charge in [0.1, 0.15) is 12.6 Å². The minimum absolute atomic E-state index is 0.0403. The number of fused-ring (bicyclic) bond motifs is 1. The van der Waals surface area contributed by atoms with Crippen LogP contribution in [0.3, 0.4) is 0 Å². The molecule has 0 bridgehead atoms. The summed E-state index contributed by atoms with van der Waals surface area (Å²) >= 11 is 7.85. The number of carbonyl (C=O) groups is 1. The zero-order valence-corrected chi connectivity index (χ0v) is 22.6. The van der Waals surface area contributed by atoms with Gasteiger partial charge in [0, 0.05) is 12.1 Å². The van der Waals surface area contributed by atoms with Crippen molar-refractivity contribution in [2.45, 2.75) is 39.2 Å². The molecule has 36 heavy (non-hydrogen) atoms. The van der Waals surface area contributed by atoms with E-state index in [1.54, 1.807) is 17.6 Å². The van der Waals surface area contributed by atoms with Gasteiger partial charge in [0.15, 0.2) is 4.80 Å². The second-order valence-corrected chi connectivity index (χ2v) is 11.0. The lowest BCUT2D eigenvalue weighted by molar-refractivity contribution is -0.140. The van der Waals surface area contributed by atoms with Crippen molar-refractivity contribution in [2.24, 2.45) is 4.99 Å². The molecule has 3 aromatic rings. The number of benzene rings is 2. The summed E-state index contributed by atoms with van der Waals surface area (Å²) in [4.78, 5) is 32.0. The van der Waals surface area contributed by atoms with E-state index in [2.05, 4.69) is 37.9 Å². The number of ether oxygens (including phenoxy) is 2. The average molecular weight is 525 g/mol. The minimum atomic E-state index is -0.754. The Morgan fingerprint density at radius 1 is 1.14 bits per heavy atom. The maximum Gasteiger partial charge on any atom is 0.338 e. The van der Waals surface area contributed by atoms with E-state index >= 15 is 0 Å². The number of rotatable bonds is 6. The van der Waals surface area contributed by atoms with Crippen molar-refractivity contribution in [1.82, 2.24) is 4.57 Å². The normalized spacial score (nSPS) is 16.1. The molecular weight excluding hydrogens is 496 g/mol. The molecule has 1 aromatic heterocycles. The summed E-state index contributed by atoms with van der Waals surface area (Å²) in [6, 6.07) is 14.6. The lowest BCUT2D eigenvalue weighted by Crippen LogP contribution is -2.40. The number of thiazole rings is 1. The Balaban J connectivity index is 1.86. The van der Waals surface area contributed by atoms with E-state index in [4.69, 9.17) is 21.1 Å². The first-order valence-electron chi connectivity index (χ1n) is 11.7. The van der Waals surface area contributed by atoms with Gasteiger partial charge >= 0.3 is 5.97 Å². The molecule has 1 unspecified atom stereocenters. The standard InChI is InChI=1S/C28H29ClN2O4S/c1-17-23(26(33)35-15-14-34-5)24(20-8-6-7-9-21(20)29)31-25(32)22(36-27(31)30-17)16-18-10-12-19(13-11-18)28(2,3)4/h6-13,16,24H,14-15H2,1-5H3/b22-16-. The highest BCUT2D eigenvalue weighted by atomic mass is 35.5. The molecule has 1 atom stereocenters. The molecule has 0 saturated carbocycles. The Morgan fingerprint density at radius 2 is 1.83 bits per heavy atom. The van der Waals surface area contributed by atoms with Crippen LogP contribution in [0, 0.1) is 0 Å². The first-order chi connectivity index (χ1) is 17.1. The molecule has 2 heterocycles. The van der Waals surface area contributed by atoms with Crippen LogP contribution in [0.5, 0.6) is 0 Å². The molecular formula is C28H29ClN2O4S. The number of allylic oxidation sites excluding steroid dienone is 1. The van der Waals surface area contributed by atoms with Crippen molar-refractivity contribution in [1.29, 1.82) is 0 Å². The number of hydrogen-bond acceptors (Lipinski definition) is 6. The number of esters is 1. The SMILES string of the molecule is COCCOC(=O)C1=C(C)N=c2s/c(=C\c3ccc(C(C)(C)C)cc3)c(=O)n2C1c1ccccc1Cl. The van der Waals surface area contributed by atoms with Gasteiger partial charge in [0.25, 0.3) is 5.56 Å². The summed E-state index contributed by atoms with van der Waals surface area (Å²) in [5.74, 6) is -0.551. The van der Waals surface area contributed by atoms with Crippen LogP contribution in [0.1, 0.15) is 50.4 Å². The first kappa shape index (κ1) is 26.1. The fourth-order valence-corrected chi connectivity index (χ4v) is 5.39. The van der Waals surface area contributed by atoms with Crippen molar-refractivity contribution in [3.63, 3.8) is 0 Å². The summed E-state index contributed by atoms with van der Waals surface area (Å²) in [5.41, 5.74) is 3.34. The summed E-state index contributed by atoms with van der Waals surface area (Å²) in [6.07, 6.45) is 1.86. The lowest BCUT2D eigenvalue weighted by atomic mass is 9.87. The summed E-state index contributed by atoms with van der Waals surface area (Å²) in [7, 11) is 1.53. The van der Waals surface area contributed by atoms with Crippen molar-refractivity contribution >= 4 is 35.0 Å². The van der Waals surface area contributed by atoms with Crippen molar-refractivity contribution in [2.75, 3.05) is 20.3 Å². The predicted molar refractivity (Wildman–Crippen MR) is 143 cm³/mol. The molecule has 0 amide bonds. The molecule has 2 aromatic carbocycles. The van der Waals surface area contributed by atoms with Crippen molar-refractivity contribution < 1.29 is 14.3 Å². The fourth-order valence-electron chi connectivity index (χ4n) is 4.10. The number of methoxy groups -OCH3 is 1. The number of aromatic nitrogens is 1. The molecule has 0 spiro atoms. The topological polar surface area (TPSA) is 69.9 Å². The minimum Gasteiger partial charge on any atom is -0.460 e. The van der Waals surface area contributed by atoms with E-state index in [0.717, 1.165) is 5.56 Å². The van der Waals surface area contributed by atoms with Crippen molar-refractivity contribution in [3.8, 4) is 0 Å². The van der Waals surface area contributed by atoms with Crippen molar-refractivity contribution in [3.05, 3.63) is 101 Å².